The van der Waals surface area contributed by atoms with Crippen LogP contribution in [0.3, 0.4) is 0 Å². The summed E-state index contributed by atoms with van der Waals surface area (Å²) in [5.41, 5.74) is 1.56. The van der Waals surface area contributed by atoms with Gasteiger partial charge in [-0.15, -0.1) is 0 Å². The zero-order valence-electron chi connectivity index (χ0n) is 8.11. The molecule has 0 saturated heterocycles. The number of para-hydroxylation sites is 1. The molecule has 2 N–H and O–H groups in total. The van der Waals surface area contributed by atoms with Gasteiger partial charge in [0, 0.05) is 6.07 Å². The van der Waals surface area contributed by atoms with Crippen molar-refractivity contribution in [3.63, 3.8) is 0 Å². The topological polar surface area (TPSA) is 74.8 Å². The van der Waals surface area contributed by atoms with Gasteiger partial charge < -0.3 is 4.98 Å². The van der Waals surface area contributed by atoms with Gasteiger partial charge in [0.1, 0.15) is 5.82 Å². The lowest BCUT2D eigenvalue weighted by atomic mass is 10.3. The number of nitrogens with zero attached hydrogens (tertiary/aromatic N) is 1. The van der Waals surface area contributed by atoms with E-state index in [1.807, 2.05) is 12.1 Å². The van der Waals surface area contributed by atoms with Crippen LogP contribution in [-0.4, -0.2) is 24.6 Å². The summed E-state index contributed by atoms with van der Waals surface area (Å²) < 4.78 is 24.1. The molecule has 0 spiro atoms. The number of rotatable bonds is 3. The summed E-state index contributed by atoms with van der Waals surface area (Å²) in [6.07, 6.45) is 1.11. The number of aromatic amines is 1. The van der Waals surface area contributed by atoms with Crippen molar-refractivity contribution in [1.82, 2.24) is 14.7 Å². The van der Waals surface area contributed by atoms with Gasteiger partial charge in [-0.3, -0.25) is 0 Å². The first-order valence-corrected chi connectivity index (χ1v) is 6.24. The summed E-state index contributed by atoms with van der Waals surface area (Å²) in [7, 11) is -3.18. The summed E-state index contributed by atoms with van der Waals surface area (Å²) in [6, 6.07) is 8.42. The second kappa shape index (κ2) is 3.63. The fourth-order valence-corrected chi connectivity index (χ4v) is 1.62. The normalized spacial score (nSPS) is 12.1. The summed E-state index contributed by atoms with van der Waals surface area (Å²) in [5.74, 6) is 0.581. The lowest BCUT2D eigenvalue weighted by molar-refractivity contribution is 0.586. The van der Waals surface area contributed by atoms with Crippen LogP contribution >= 0.6 is 0 Å². The third-order valence-electron chi connectivity index (χ3n) is 1.86. The van der Waals surface area contributed by atoms with Crippen molar-refractivity contribution in [3.05, 3.63) is 30.1 Å². The number of fused-ring (bicyclic) bond motifs is 1. The molecule has 2 rings (SSSR count). The molecule has 1 aromatic heterocycles. The molecule has 1 heterocycles. The van der Waals surface area contributed by atoms with Crippen LogP contribution in [0.4, 0.5) is 0 Å². The average molecular weight is 224 g/mol. The molecule has 5 nitrogen and oxygen atoms in total. The Bertz CT molecular complexity index is 541. The van der Waals surface area contributed by atoms with Gasteiger partial charge in [-0.2, -0.15) is 0 Å². The largest absolute Gasteiger partial charge is 0.341 e. The minimum atomic E-state index is -3.18. The first kappa shape index (κ1) is 10.1. The van der Waals surface area contributed by atoms with Gasteiger partial charge in [0.15, 0.2) is 0 Å². The van der Waals surface area contributed by atoms with Crippen LogP contribution in [0, 0.1) is 6.07 Å². The number of aromatic nitrogens is 2. The van der Waals surface area contributed by atoms with Crippen molar-refractivity contribution >= 4 is 21.1 Å². The van der Waals surface area contributed by atoms with Crippen molar-refractivity contribution in [2.75, 3.05) is 6.26 Å². The van der Waals surface area contributed by atoms with E-state index in [2.05, 4.69) is 20.8 Å². The molecule has 0 aliphatic heterocycles. The predicted molar refractivity (Wildman–Crippen MR) is 56.6 cm³/mol. The first-order valence-electron chi connectivity index (χ1n) is 4.34. The Morgan fingerprint density at radius 1 is 1.60 bits per heavy atom. The van der Waals surface area contributed by atoms with E-state index in [1.165, 1.54) is 0 Å². The van der Waals surface area contributed by atoms with Gasteiger partial charge in [0.05, 0.1) is 23.8 Å². The summed E-state index contributed by atoms with van der Waals surface area (Å²) in [4.78, 5) is 7.18. The van der Waals surface area contributed by atoms with E-state index in [4.69, 9.17) is 0 Å². The third-order valence-corrected chi connectivity index (χ3v) is 2.53. The highest BCUT2D eigenvalue weighted by Crippen LogP contribution is 2.09. The molecule has 6 heteroatoms. The van der Waals surface area contributed by atoms with Crippen LogP contribution in [0.2, 0.25) is 0 Å². The monoisotopic (exact) mass is 224 g/mol. The van der Waals surface area contributed by atoms with E-state index in [-0.39, 0.29) is 6.54 Å². The fourth-order valence-electron chi connectivity index (χ4n) is 1.22. The SMILES string of the molecule is CS(=O)(=O)NCc1nc2[c]cccc2[nH]1. The second-order valence-electron chi connectivity index (χ2n) is 3.21. The van der Waals surface area contributed by atoms with E-state index in [1.54, 1.807) is 6.07 Å². The lowest BCUT2D eigenvalue weighted by Gasteiger charge is -1.97. The van der Waals surface area contributed by atoms with E-state index in [0.717, 1.165) is 11.8 Å². The quantitative estimate of drug-likeness (QED) is 0.793. The standard InChI is InChI=1S/C9H10N3O2S/c1-15(13,14)10-6-9-11-7-4-2-3-5-8(7)12-9/h2-4,10H,6H2,1H3,(H,11,12). The van der Waals surface area contributed by atoms with E-state index >= 15 is 0 Å². The van der Waals surface area contributed by atoms with E-state index in [9.17, 15) is 8.42 Å². The molecule has 0 amide bonds. The minimum absolute atomic E-state index is 0.168. The molecule has 0 fully saturated rings. The Morgan fingerprint density at radius 2 is 2.40 bits per heavy atom. The van der Waals surface area contributed by atoms with Gasteiger partial charge in [-0.05, 0) is 6.07 Å². The molecule has 15 heavy (non-hydrogen) atoms. The van der Waals surface area contributed by atoms with Gasteiger partial charge in [0.2, 0.25) is 10.0 Å². The highest BCUT2D eigenvalue weighted by atomic mass is 32.2. The van der Waals surface area contributed by atoms with Gasteiger partial charge in [-0.25, -0.2) is 18.1 Å². The summed E-state index contributed by atoms with van der Waals surface area (Å²) in [5, 5.41) is 0. The molecule has 0 aliphatic rings. The van der Waals surface area contributed by atoms with Crippen molar-refractivity contribution < 1.29 is 8.42 Å². The fraction of sp³-hybridized carbons (Fsp3) is 0.222. The Morgan fingerprint density at radius 3 is 3.07 bits per heavy atom. The van der Waals surface area contributed by atoms with Crippen molar-refractivity contribution in [2.24, 2.45) is 0 Å². The van der Waals surface area contributed by atoms with Gasteiger partial charge in [0.25, 0.3) is 0 Å². The predicted octanol–water partition coefficient (Wildman–Crippen LogP) is 0.412. The molecule has 79 valence electrons. The van der Waals surface area contributed by atoms with Crippen LogP contribution < -0.4 is 4.72 Å². The number of sulfonamides is 1. The average Bonchev–Trinajstić information content (AvgIpc) is 2.56. The highest BCUT2D eigenvalue weighted by molar-refractivity contribution is 7.88. The Labute approximate surface area is 87.6 Å². The molecule has 0 aliphatic carbocycles. The maximum Gasteiger partial charge on any atom is 0.209 e. The molecule has 0 unspecified atom stereocenters. The molecule has 1 radical (unpaired) electrons. The van der Waals surface area contributed by atoms with Crippen LogP contribution in [0.25, 0.3) is 11.0 Å². The van der Waals surface area contributed by atoms with Crippen LogP contribution in [0.1, 0.15) is 5.82 Å². The minimum Gasteiger partial charge on any atom is -0.341 e. The number of hydrogen-bond donors (Lipinski definition) is 2. The van der Waals surface area contributed by atoms with Gasteiger partial charge in [-0.1, -0.05) is 12.1 Å². The number of hydrogen-bond acceptors (Lipinski definition) is 3. The number of H-pyrrole nitrogens is 1. The van der Waals surface area contributed by atoms with Crippen molar-refractivity contribution in [1.29, 1.82) is 0 Å². The van der Waals surface area contributed by atoms with Crippen molar-refractivity contribution in [3.8, 4) is 0 Å². The molecule has 0 saturated carbocycles. The maximum atomic E-state index is 10.9. The second-order valence-corrected chi connectivity index (χ2v) is 5.04. The number of imidazole rings is 1. The Hall–Kier alpha value is -1.40. The summed E-state index contributed by atoms with van der Waals surface area (Å²) in [6.45, 7) is 0.168. The lowest BCUT2D eigenvalue weighted by Crippen LogP contribution is -2.21. The zero-order chi connectivity index (χ0) is 10.9. The molecule has 0 atom stereocenters. The molecule has 2 aromatic rings. The van der Waals surface area contributed by atoms with Crippen LogP contribution in [-0.2, 0) is 16.6 Å². The number of nitrogens with one attached hydrogen (secondary N) is 2. The molecular weight excluding hydrogens is 214 g/mol. The van der Waals surface area contributed by atoms with Crippen LogP contribution in [0.5, 0.6) is 0 Å². The first-order chi connectivity index (χ1) is 7.04. The Kier molecular flexibility index (Phi) is 2.45. The van der Waals surface area contributed by atoms with Gasteiger partial charge >= 0.3 is 0 Å². The summed E-state index contributed by atoms with van der Waals surface area (Å²) >= 11 is 0. The van der Waals surface area contributed by atoms with E-state index in [0.29, 0.717) is 11.3 Å². The number of benzene rings is 1. The highest BCUT2D eigenvalue weighted by Gasteiger charge is 2.05. The third kappa shape index (κ3) is 2.54. The Balaban J connectivity index is 2.23. The van der Waals surface area contributed by atoms with Crippen LogP contribution in [0.15, 0.2) is 18.2 Å². The molecule has 1 aromatic carbocycles. The van der Waals surface area contributed by atoms with E-state index < -0.39 is 10.0 Å². The maximum absolute atomic E-state index is 10.9. The molecular formula is C9H10N3O2S. The smallest absolute Gasteiger partial charge is 0.209 e. The molecule has 0 bridgehead atoms. The van der Waals surface area contributed by atoms with Crippen molar-refractivity contribution in [2.45, 2.75) is 6.54 Å². The zero-order valence-corrected chi connectivity index (χ0v) is 8.93.